The van der Waals surface area contributed by atoms with Gasteiger partial charge in [-0.1, -0.05) is 67.9 Å². The number of hydrogen-bond donors (Lipinski definition) is 2. The zero-order valence-electron chi connectivity index (χ0n) is 38.6. The van der Waals surface area contributed by atoms with E-state index in [4.69, 9.17) is 20.9 Å². The molecule has 0 spiro atoms. The van der Waals surface area contributed by atoms with Crippen LogP contribution in [0.4, 0.5) is 0 Å². The number of aliphatic hydroxyl groups excluding tert-OH is 1. The van der Waals surface area contributed by atoms with Crippen LogP contribution in [-0.2, 0) is 15.0 Å². The van der Waals surface area contributed by atoms with Crippen LogP contribution < -0.4 is 15.6 Å². The number of nitrogens with zero attached hydrogens (tertiary/aromatic N) is 6. The molecule has 0 bridgehead atoms. The van der Waals surface area contributed by atoms with Crippen molar-refractivity contribution in [2.45, 2.75) is 103 Å². The molecule has 9 rings (SSSR count). The van der Waals surface area contributed by atoms with Crippen molar-refractivity contribution < 1.29 is 24.0 Å². The van der Waals surface area contributed by atoms with E-state index in [-0.39, 0.29) is 28.8 Å². The number of carbonyl (C=O) groups is 2. The first kappa shape index (κ1) is 47.1. The van der Waals surface area contributed by atoms with Gasteiger partial charge >= 0.3 is 0 Å². The Morgan fingerprint density at radius 1 is 1.05 bits per heavy atom. The smallest absolute Gasteiger partial charge is 0.282 e. The van der Waals surface area contributed by atoms with E-state index in [2.05, 4.69) is 74.1 Å². The quantitative estimate of drug-likeness (QED) is 0.0799. The number of benzene rings is 3. The maximum atomic E-state index is 13.1. The monoisotopic (exact) mass is 933 g/mol. The number of thiazole rings is 1. The summed E-state index contributed by atoms with van der Waals surface area (Å²) in [6.07, 6.45) is 4.98. The van der Waals surface area contributed by atoms with Gasteiger partial charge in [0.15, 0.2) is 5.76 Å². The van der Waals surface area contributed by atoms with Crippen molar-refractivity contribution in [1.29, 1.82) is 0 Å². The summed E-state index contributed by atoms with van der Waals surface area (Å²) in [5, 5.41) is 17.6. The first-order chi connectivity index (χ1) is 31.7. The number of carbonyl (C=O) groups excluding carboxylic acids is 2. The third kappa shape index (κ3) is 9.83. The molecule has 2 saturated heterocycles. The fourth-order valence-corrected chi connectivity index (χ4v) is 10.8. The van der Waals surface area contributed by atoms with Gasteiger partial charge in [0, 0.05) is 19.2 Å². The molecule has 66 heavy (non-hydrogen) atoms. The van der Waals surface area contributed by atoms with Crippen molar-refractivity contribution in [2.75, 3.05) is 39.3 Å². The molecule has 3 aliphatic rings. The summed E-state index contributed by atoms with van der Waals surface area (Å²) in [5.41, 5.74) is 8.93. The van der Waals surface area contributed by atoms with E-state index < -0.39 is 12.0 Å². The Bertz CT molecular complexity index is 2720. The molecule has 6 aromatic rings. The molecule has 3 aromatic carbocycles. The molecule has 3 aromatic heterocycles. The lowest BCUT2D eigenvalue weighted by atomic mass is 9.83. The second-order valence-corrected chi connectivity index (χ2v) is 20.0. The summed E-state index contributed by atoms with van der Waals surface area (Å²) in [4.78, 5) is 50.7. The molecule has 2 fully saturated rings. The first-order valence-electron chi connectivity index (χ1n) is 23.1. The number of β-amino-alcohol motifs (C(OH)–C–C–N with tert-alkyl or cyclic N) is 1. The Balaban J connectivity index is 0.000000292. The van der Waals surface area contributed by atoms with E-state index >= 15 is 0 Å². The molecule has 0 radical (unpaired) electrons. The highest BCUT2D eigenvalue weighted by Gasteiger charge is 2.39. The Morgan fingerprint density at radius 2 is 1.82 bits per heavy atom. The maximum absolute atomic E-state index is 13.1. The Labute approximate surface area is 395 Å². The first-order valence-corrected chi connectivity index (χ1v) is 24.4. The molecular weight excluding hydrogens is 874 g/mol. The predicted molar refractivity (Wildman–Crippen MR) is 259 cm³/mol. The van der Waals surface area contributed by atoms with Crippen LogP contribution in [-0.4, -0.2) is 92.3 Å². The van der Waals surface area contributed by atoms with E-state index in [0.717, 1.165) is 80.0 Å². The number of aryl methyl sites for hydroxylation is 1. The number of halogens is 1. The largest absolute Gasteiger partial charge is 0.476 e. The molecule has 3 aliphatic heterocycles. The van der Waals surface area contributed by atoms with Gasteiger partial charge < -0.3 is 29.5 Å². The average Bonchev–Trinajstić information content (AvgIpc) is 4.11. The summed E-state index contributed by atoms with van der Waals surface area (Å²) in [6.45, 7) is 16.8. The SMILES string of the molecule is CC(C)[C@@H](C(=O)N1CCC(O)C1)c1cc(OCCCCN2CCC(c3ccc4c(c3)-n3c(nc(=O)c5c(Cl)cccc53)C4(C)C)CC2)no1.Cc1ncsc1-c1ccc([C@H](C)NC=O)cc1. The molecule has 1 unspecified atom stereocenters. The number of likely N-dealkylation sites (tertiary alicyclic amines) is 2. The van der Waals surface area contributed by atoms with Crippen LogP contribution in [0.15, 0.2) is 81.6 Å². The van der Waals surface area contributed by atoms with Gasteiger partial charge in [0.25, 0.3) is 11.4 Å². The third-order valence-electron chi connectivity index (χ3n) is 13.5. The van der Waals surface area contributed by atoms with E-state index in [9.17, 15) is 19.5 Å². The van der Waals surface area contributed by atoms with Crippen molar-refractivity contribution in [3.63, 3.8) is 0 Å². The summed E-state index contributed by atoms with van der Waals surface area (Å²) in [6, 6.07) is 22.4. The van der Waals surface area contributed by atoms with Crippen molar-refractivity contribution in [2.24, 2.45) is 5.92 Å². The third-order valence-corrected chi connectivity index (χ3v) is 14.8. The number of fused-ring (bicyclic) bond motifs is 5. The molecule has 15 heteroatoms. The summed E-state index contributed by atoms with van der Waals surface area (Å²) in [7, 11) is 0. The minimum absolute atomic E-state index is 0.0300. The lowest BCUT2D eigenvalue weighted by Crippen LogP contribution is -2.35. The van der Waals surface area contributed by atoms with Gasteiger partial charge in [-0.25, -0.2) is 4.98 Å². The van der Waals surface area contributed by atoms with Crippen LogP contribution in [0.5, 0.6) is 5.88 Å². The number of rotatable bonds is 14. The summed E-state index contributed by atoms with van der Waals surface area (Å²) in [5.74, 6) is 1.71. The Kier molecular flexibility index (Phi) is 14.4. The Morgan fingerprint density at radius 3 is 2.50 bits per heavy atom. The number of hydrogen-bond acceptors (Lipinski definition) is 11. The molecule has 13 nitrogen and oxygen atoms in total. The average molecular weight is 935 g/mol. The molecule has 2 N–H and O–H groups in total. The standard InChI is InChI=1S/C38H46ClN5O5.C13H14N2OS/c1-23(2)33(36(47)43-18-14-26(45)22-43)31-21-32(41-49-31)48-19-6-5-15-42-16-12-24(13-17-42)25-10-11-27-30(20-25)44-29-9-7-8-28(39)34(29)35(46)40-37(44)38(27,3)4;1-9(14-7-16)11-3-5-12(6-4-11)13-10(2)15-8-17-13/h7-11,20-21,23-24,26,33,45H,5-6,12-19,22H2,1-4H3;3-9H,1-2H3,(H,14,16)/t26?,33-;9-/m10/s1. The van der Waals surface area contributed by atoms with Crippen molar-refractivity contribution in [3.8, 4) is 22.0 Å². The van der Waals surface area contributed by atoms with Crippen molar-refractivity contribution >= 4 is 46.2 Å². The van der Waals surface area contributed by atoms with Crippen LogP contribution in [0.25, 0.3) is 27.0 Å². The highest BCUT2D eigenvalue weighted by Crippen LogP contribution is 2.45. The topological polar surface area (TPSA) is 156 Å². The molecule has 348 valence electrons. The number of aromatic nitrogens is 4. The number of nitrogens with one attached hydrogen (secondary N) is 1. The summed E-state index contributed by atoms with van der Waals surface area (Å²) < 4.78 is 13.6. The minimum atomic E-state index is -0.456. The molecule has 3 atom stereocenters. The minimum Gasteiger partial charge on any atom is -0.476 e. The van der Waals surface area contributed by atoms with Crippen LogP contribution in [0, 0.1) is 12.8 Å². The fourth-order valence-electron chi connectivity index (χ4n) is 9.69. The highest BCUT2D eigenvalue weighted by atomic mass is 35.5. The zero-order valence-corrected chi connectivity index (χ0v) is 40.2. The lowest BCUT2D eigenvalue weighted by Gasteiger charge is -2.32. The number of amides is 2. The lowest BCUT2D eigenvalue weighted by molar-refractivity contribution is -0.133. The predicted octanol–water partition coefficient (Wildman–Crippen LogP) is 8.96. The van der Waals surface area contributed by atoms with Crippen LogP contribution in [0.3, 0.4) is 0 Å². The zero-order chi connectivity index (χ0) is 46.7. The van der Waals surface area contributed by atoms with Crippen molar-refractivity contribution in [3.05, 3.63) is 122 Å². The molecule has 6 heterocycles. The number of aliphatic hydroxyl groups is 1. The van der Waals surface area contributed by atoms with Gasteiger partial charge in [0.1, 0.15) is 11.7 Å². The number of unbranched alkanes of at least 4 members (excludes halogenated alkanes) is 1. The van der Waals surface area contributed by atoms with E-state index in [0.29, 0.717) is 54.1 Å². The number of ether oxygens (including phenoxy) is 1. The second kappa shape index (κ2) is 20.2. The Hall–Kier alpha value is -5.41. The van der Waals surface area contributed by atoms with Gasteiger partial charge in [0.05, 0.1) is 61.9 Å². The molecule has 0 saturated carbocycles. The molecule has 0 aliphatic carbocycles. The van der Waals surface area contributed by atoms with E-state index in [1.54, 1.807) is 28.4 Å². The fraction of sp³-hybridized carbons (Fsp3) is 0.451. The van der Waals surface area contributed by atoms with Crippen LogP contribution in [0.1, 0.15) is 119 Å². The van der Waals surface area contributed by atoms with Crippen LogP contribution >= 0.6 is 22.9 Å². The van der Waals surface area contributed by atoms with Gasteiger partial charge in [-0.15, -0.1) is 11.3 Å². The molecule has 2 amide bonds. The second-order valence-electron chi connectivity index (χ2n) is 18.7. The van der Waals surface area contributed by atoms with Gasteiger partial charge in [-0.2, -0.15) is 4.98 Å². The highest BCUT2D eigenvalue weighted by molar-refractivity contribution is 7.13. The van der Waals surface area contributed by atoms with Crippen molar-refractivity contribution in [1.82, 2.24) is 34.8 Å². The van der Waals surface area contributed by atoms with Crippen LogP contribution in [0.2, 0.25) is 5.02 Å². The normalized spacial score (nSPS) is 17.8. The molecular formula is C51H60ClN7O6S. The van der Waals surface area contributed by atoms with E-state index in [1.165, 1.54) is 21.6 Å². The maximum Gasteiger partial charge on any atom is 0.282 e. The van der Waals surface area contributed by atoms with Gasteiger partial charge in [-0.3, -0.25) is 19.0 Å². The van der Waals surface area contributed by atoms with Gasteiger partial charge in [-0.05, 0) is 137 Å². The number of piperidine rings is 1. The van der Waals surface area contributed by atoms with E-state index in [1.807, 2.05) is 57.5 Å². The van der Waals surface area contributed by atoms with Gasteiger partial charge in [0.2, 0.25) is 12.3 Å². The summed E-state index contributed by atoms with van der Waals surface area (Å²) >= 11 is 8.12.